The predicted octanol–water partition coefficient (Wildman–Crippen LogP) is -0.311. The van der Waals surface area contributed by atoms with E-state index in [1.807, 2.05) is 0 Å². The van der Waals surface area contributed by atoms with Crippen LogP contribution in [0.25, 0.3) is 0 Å². The molecule has 2 aliphatic rings. The fourth-order valence-electron chi connectivity index (χ4n) is 2.35. The van der Waals surface area contributed by atoms with Crippen LogP contribution in [0.5, 0.6) is 0 Å². The van der Waals surface area contributed by atoms with Gasteiger partial charge in [-0.25, -0.2) is 4.79 Å². The Morgan fingerprint density at radius 3 is 2.68 bits per heavy atom. The largest absolute Gasteiger partial charge is 0.453 e. The van der Waals surface area contributed by atoms with Gasteiger partial charge in [0.25, 0.3) is 0 Å². The summed E-state index contributed by atoms with van der Waals surface area (Å²) in [4.78, 5) is 11.9. The summed E-state index contributed by atoms with van der Waals surface area (Å²) in [5.41, 5.74) is 0.435. The van der Waals surface area contributed by atoms with E-state index >= 15 is 0 Å². The topological polar surface area (TPSA) is 85.2 Å². The minimum Gasteiger partial charge on any atom is -0.453 e. The number of hydrogen-bond donors (Lipinski definition) is 2. The first-order valence-electron chi connectivity index (χ1n) is 6.06. The standard InChI is InChI=1S/C13H14O6/c14-9-11-10(19-13(9)16)8(6-17-11)18-12(15)7-4-2-1-3-5-7/h1-5,8-11,13-14,16H,6H2/t8-,9-,10-,11-,13?/m0/s1. The quantitative estimate of drug-likeness (QED) is 0.714. The van der Waals surface area contributed by atoms with E-state index in [-0.39, 0.29) is 6.61 Å². The van der Waals surface area contributed by atoms with Crippen molar-refractivity contribution in [3.63, 3.8) is 0 Å². The van der Waals surface area contributed by atoms with Gasteiger partial charge in [-0.3, -0.25) is 0 Å². The zero-order valence-electron chi connectivity index (χ0n) is 10.0. The number of fused-ring (bicyclic) bond motifs is 1. The molecule has 6 heteroatoms. The highest BCUT2D eigenvalue weighted by Crippen LogP contribution is 2.32. The van der Waals surface area contributed by atoms with Gasteiger partial charge in [0.1, 0.15) is 18.3 Å². The molecule has 0 bridgehead atoms. The molecular weight excluding hydrogens is 252 g/mol. The average molecular weight is 266 g/mol. The summed E-state index contributed by atoms with van der Waals surface area (Å²) in [7, 11) is 0. The fourth-order valence-corrected chi connectivity index (χ4v) is 2.35. The van der Waals surface area contributed by atoms with E-state index in [1.165, 1.54) is 0 Å². The van der Waals surface area contributed by atoms with Crippen molar-refractivity contribution in [3.05, 3.63) is 35.9 Å². The van der Waals surface area contributed by atoms with Crippen molar-refractivity contribution in [2.75, 3.05) is 6.61 Å². The van der Waals surface area contributed by atoms with Crippen LogP contribution in [0.2, 0.25) is 0 Å². The lowest BCUT2D eigenvalue weighted by atomic mass is 10.1. The Hall–Kier alpha value is -1.47. The number of aliphatic hydroxyl groups is 2. The van der Waals surface area contributed by atoms with Crippen LogP contribution in [0.3, 0.4) is 0 Å². The van der Waals surface area contributed by atoms with Crippen molar-refractivity contribution in [2.45, 2.75) is 30.7 Å². The molecule has 102 valence electrons. The van der Waals surface area contributed by atoms with Crippen molar-refractivity contribution >= 4 is 5.97 Å². The van der Waals surface area contributed by atoms with Crippen LogP contribution in [0.4, 0.5) is 0 Å². The molecule has 2 aliphatic heterocycles. The molecule has 19 heavy (non-hydrogen) atoms. The Balaban J connectivity index is 1.67. The first kappa shape index (κ1) is 12.6. The van der Waals surface area contributed by atoms with Gasteiger partial charge < -0.3 is 24.4 Å². The minimum absolute atomic E-state index is 0.150. The van der Waals surface area contributed by atoms with Gasteiger partial charge in [-0.2, -0.15) is 0 Å². The molecule has 0 saturated carbocycles. The van der Waals surface area contributed by atoms with Crippen molar-refractivity contribution in [2.24, 2.45) is 0 Å². The third-order valence-corrected chi connectivity index (χ3v) is 3.34. The van der Waals surface area contributed by atoms with E-state index in [4.69, 9.17) is 14.2 Å². The first-order valence-corrected chi connectivity index (χ1v) is 6.06. The second kappa shape index (κ2) is 4.90. The highest BCUT2D eigenvalue weighted by atomic mass is 16.7. The summed E-state index contributed by atoms with van der Waals surface area (Å²) in [5.74, 6) is -0.477. The van der Waals surface area contributed by atoms with Gasteiger partial charge in [0.2, 0.25) is 0 Å². The van der Waals surface area contributed by atoms with Gasteiger partial charge in [-0.1, -0.05) is 18.2 Å². The van der Waals surface area contributed by atoms with Gasteiger partial charge >= 0.3 is 5.97 Å². The number of benzene rings is 1. The summed E-state index contributed by atoms with van der Waals surface area (Å²) >= 11 is 0. The molecule has 3 rings (SSSR count). The lowest BCUT2D eigenvalue weighted by Crippen LogP contribution is -2.34. The van der Waals surface area contributed by atoms with Crippen LogP contribution in [-0.2, 0) is 14.2 Å². The summed E-state index contributed by atoms with van der Waals surface area (Å²) in [6, 6.07) is 8.58. The van der Waals surface area contributed by atoms with Crippen LogP contribution in [0.15, 0.2) is 30.3 Å². The highest BCUT2D eigenvalue weighted by molar-refractivity contribution is 5.89. The molecule has 5 atom stereocenters. The van der Waals surface area contributed by atoms with Gasteiger partial charge in [0, 0.05) is 0 Å². The molecular formula is C13H14O6. The summed E-state index contributed by atoms with van der Waals surface area (Å²) in [6.07, 6.45) is -4.30. The van der Waals surface area contributed by atoms with Crippen LogP contribution in [-0.4, -0.2) is 53.5 Å². The fraction of sp³-hybridized carbons (Fsp3) is 0.462. The second-order valence-corrected chi connectivity index (χ2v) is 4.59. The molecule has 1 aromatic rings. The second-order valence-electron chi connectivity index (χ2n) is 4.59. The molecule has 1 unspecified atom stereocenters. The van der Waals surface area contributed by atoms with Crippen LogP contribution < -0.4 is 0 Å². The average Bonchev–Trinajstić information content (AvgIpc) is 2.93. The van der Waals surface area contributed by atoms with Gasteiger partial charge in [0.15, 0.2) is 12.4 Å². The monoisotopic (exact) mass is 266 g/mol. The molecule has 2 N–H and O–H groups in total. The Bertz CT molecular complexity index is 461. The number of carbonyl (C=O) groups is 1. The van der Waals surface area contributed by atoms with E-state index in [0.29, 0.717) is 5.56 Å². The zero-order chi connectivity index (χ0) is 13.4. The summed E-state index contributed by atoms with van der Waals surface area (Å²) < 4.78 is 15.7. The maximum absolute atomic E-state index is 11.9. The summed E-state index contributed by atoms with van der Waals surface area (Å²) in [5, 5.41) is 19.0. The lowest BCUT2D eigenvalue weighted by molar-refractivity contribution is -0.150. The Kier molecular flexibility index (Phi) is 3.24. The van der Waals surface area contributed by atoms with E-state index in [2.05, 4.69) is 0 Å². The number of rotatable bonds is 2. The summed E-state index contributed by atoms with van der Waals surface area (Å²) in [6.45, 7) is 0.150. The predicted molar refractivity (Wildman–Crippen MR) is 62.3 cm³/mol. The third kappa shape index (κ3) is 2.23. The van der Waals surface area contributed by atoms with Crippen LogP contribution in [0.1, 0.15) is 10.4 Å². The van der Waals surface area contributed by atoms with Gasteiger partial charge in [0.05, 0.1) is 12.2 Å². The van der Waals surface area contributed by atoms with E-state index in [1.54, 1.807) is 30.3 Å². The van der Waals surface area contributed by atoms with Crippen molar-refractivity contribution < 1.29 is 29.2 Å². The molecule has 0 amide bonds. The smallest absolute Gasteiger partial charge is 0.338 e. The van der Waals surface area contributed by atoms with Crippen LogP contribution in [0, 0.1) is 0 Å². The Morgan fingerprint density at radius 2 is 1.95 bits per heavy atom. The normalized spacial score (nSPS) is 37.1. The van der Waals surface area contributed by atoms with Crippen LogP contribution >= 0.6 is 0 Å². The number of hydrogen-bond acceptors (Lipinski definition) is 6. The zero-order valence-corrected chi connectivity index (χ0v) is 10.0. The number of esters is 1. The molecule has 0 spiro atoms. The molecule has 0 radical (unpaired) electrons. The molecule has 1 aromatic carbocycles. The number of ether oxygens (including phenoxy) is 3. The highest BCUT2D eigenvalue weighted by Gasteiger charge is 2.53. The SMILES string of the molecule is O=C(O[C@H]1CO[C@@H]2[C@H]1OC(O)[C@H]2O)c1ccccc1. The third-order valence-electron chi connectivity index (χ3n) is 3.34. The van der Waals surface area contributed by atoms with Gasteiger partial charge in [-0.15, -0.1) is 0 Å². The molecule has 2 heterocycles. The Morgan fingerprint density at radius 1 is 1.21 bits per heavy atom. The molecule has 0 aromatic heterocycles. The van der Waals surface area contributed by atoms with Crippen molar-refractivity contribution in [1.29, 1.82) is 0 Å². The molecule has 2 fully saturated rings. The minimum atomic E-state index is -1.30. The lowest BCUT2D eigenvalue weighted by Gasteiger charge is -2.17. The van der Waals surface area contributed by atoms with Gasteiger partial charge in [-0.05, 0) is 12.1 Å². The van der Waals surface area contributed by atoms with E-state index in [0.717, 1.165) is 0 Å². The van der Waals surface area contributed by atoms with E-state index in [9.17, 15) is 15.0 Å². The van der Waals surface area contributed by atoms with Crippen molar-refractivity contribution in [3.8, 4) is 0 Å². The molecule has 0 aliphatic carbocycles. The first-order chi connectivity index (χ1) is 9.16. The number of carbonyl (C=O) groups excluding carboxylic acids is 1. The maximum atomic E-state index is 11.9. The number of aliphatic hydroxyl groups excluding tert-OH is 2. The van der Waals surface area contributed by atoms with Crippen molar-refractivity contribution in [1.82, 2.24) is 0 Å². The maximum Gasteiger partial charge on any atom is 0.338 e. The molecule has 6 nitrogen and oxygen atoms in total. The van der Waals surface area contributed by atoms with E-state index < -0.39 is 36.7 Å². The molecule has 2 saturated heterocycles. The Labute approximate surface area is 109 Å².